The standard InChI is InChI=1S/C16H34N4O/c1-5-18-16(2,15(17)21)10-6-7-11-20-12-8-9-14(13-20)19(3)4/h14,18H,5-13H2,1-4H3,(H2,17,21). The highest BCUT2D eigenvalue weighted by molar-refractivity contribution is 5.84. The van der Waals surface area contributed by atoms with Crippen molar-refractivity contribution in [3.8, 4) is 0 Å². The van der Waals surface area contributed by atoms with Crippen molar-refractivity contribution in [2.24, 2.45) is 5.73 Å². The molecule has 1 amide bonds. The van der Waals surface area contributed by atoms with E-state index in [9.17, 15) is 4.79 Å². The van der Waals surface area contributed by atoms with Crippen LogP contribution in [0.2, 0.25) is 0 Å². The second-order valence-electron chi connectivity index (χ2n) is 6.74. The predicted octanol–water partition coefficient (Wildman–Crippen LogP) is 1.04. The summed E-state index contributed by atoms with van der Waals surface area (Å²) in [7, 11) is 4.34. The number of hydrogen-bond donors (Lipinski definition) is 2. The van der Waals surface area contributed by atoms with E-state index in [4.69, 9.17) is 5.73 Å². The zero-order valence-corrected chi connectivity index (χ0v) is 14.3. The van der Waals surface area contributed by atoms with Gasteiger partial charge in [-0.15, -0.1) is 0 Å². The zero-order chi connectivity index (χ0) is 15.9. The lowest BCUT2D eigenvalue weighted by atomic mass is 9.93. The maximum Gasteiger partial charge on any atom is 0.237 e. The van der Waals surface area contributed by atoms with Crippen LogP contribution >= 0.6 is 0 Å². The molecule has 0 aromatic carbocycles. The number of hydrogen-bond acceptors (Lipinski definition) is 4. The van der Waals surface area contributed by atoms with Crippen LogP contribution in [-0.4, -0.2) is 67.6 Å². The molecule has 0 bridgehead atoms. The molecule has 124 valence electrons. The number of nitrogens with two attached hydrogens (primary N) is 1. The average Bonchev–Trinajstić information content (AvgIpc) is 2.44. The van der Waals surface area contributed by atoms with Gasteiger partial charge in [-0.25, -0.2) is 0 Å². The number of unbranched alkanes of at least 4 members (excludes halogenated alkanes) is 1. The van der Waals surface area contributed by atoms with Crippen molar-refractivity contribution < 1.29 is 4.79 Å². The molecular weight excluding hydrogens is 264 g/mol. The van der Waals surface area contributed by atoms with Gasteiger partial charge in [0.1, 0.15) is 0 Å². The normalized spacial score (nSPS) is 23.2. The largest absolute Gasteiger partial charge is 0.368 e. The Kier molecular flexibility index (Phi) is 7.63. The summed E-state index contributed by atoms with van der Waals surface area (Å²) in [5, 5.41) is 3.22. The van der Waals surface area contributed by atoms with Crippen molar-refractivity contribution in [2.75, 3.05) is 40.3 Å². The van der Waals surface area contributed by atoms with Gasteiger partial charge >= 0.3 is 0 Å². The van der Waals surface area contributed by atoms with Gasteiger partial charge in [-0.1, -0.05) is 6.92 Å². The number of likely N-dealkylation sites (N-methyl/N-ethyl adjacent to an activating group) is 2. The van der Waals surface area contributed by atoms with Crippen LogP contribution in [0.15, 0.2) is 0 Å². The molecule has 2 unspecified atom stereocenters. The molecule has 1 aliphatic heterocycles. The molecule has 0 aliphatic carbocycles. The van der Waals surface area contributed by atoms with E-state index >= 15 is 0 Å². The van der Waals surface area contributed by atoms with E-state index in [-0.39, 0.29) is 5.91 Å². The van der Waals surface area contributed by atoms with E-state index in [0.717, 1.165) is 32.4 Å². The molecule has 1 saturated heterocycles. The molecule has 1 heterocycles. The third-order valence-electron chi connectivity index (χ3n) is 4.72. The Labute approximate surface area is 130 Å². The molecule has 0 aromatic rings. The van der Waals surface area contributed by atoms with Crippen LogP contribution in [0.4, 0.5) is 0 Å². The molecule has 0 aromatic heterocycles. The van der Waals surface area contributed by atoms with Crippen molar-refractivity contribution in [3.63, 3.8) is 0 Å². The molecular formula is C16H34N4O. The summed E-state index contributed by atoms with van der Waals surface area (Å²) in [4.78, 5) is 16.5. The number of amides is 1. The van der Waals surface area contributed by atoms with Crippen molar-refractivity contribution in [3.05, 3.63) is 0 Å². The zero-order valence-electron chi connectivity index (χ0n) is 14.3. The number of carbonyl (C=O) groups excluding carboxylic acids is 1. The number of likely N-dealkylation sites (tertiary alicyclic amines) is 1. The predicted molar refractivity (Wildman–Crippen MR) is 88.3 cm³/mol. The van der Waals surface area contributed by atoms with Crippen molar-refractivity contribution >= 4 is 5.91 Å². The van der Waals surface area contributed by atoms with Crippen LogP contribution in [-0.2, 0) is 4.79 Å². The smallest absolute Gasteiger partial charge is 0.237 e. The molecule has 21 heavy (non-hydrogen) atoms. The molecule has 5 heteroatoms. The van der Waals surface area contributed by atoms with Crippen LogP contribution in [0.5, 0.6) is 0 Å². The SMILES string of the molecule is CCNC(C)(CCCCN1CCCC(N(C)C)C1)C(N)=O. The quantitative estimate of drug-likeness (QED) is 0.624. The fourth-order valence-electron chi connectivity index (χ4n) is 3.16. The summed E-state index contributed by atoms with van der Waals surface area (Å²) >= 11 is 0. The Morgan fingerprint density at radius 3 is 2.71 bits per heavy atom. The maximum absolute atomic E-state index is 11.6. The first-order valence-electron chi connectivity index (χ1n) is 8.32. The van der Waals surface area contributed by atoms with Crippen molar-refractivity contribution in [1.82, 2.24) is 15.1 Å². The lowest BCUT2D eigenvalue weighted by Crippen LogP contribution is -2.53. The second kappa shape index (κ2) is 8.71. The van der Waals surface area contributed by atoms with E-state index in [1.54, 1.807) is 0 Å². The Morgan fingerprint density at radius 2 is 2.14 bits per heavy atom. The number of carbonyl (C=O) groups is 1. The molecule has 0 saturated carbocycles. The van der Waals surface area contributed by atoms with Gasteiger partial charge < -0.3 is 20.9 Å². The molecule has 0 radical (unpaired) electrons. The van der Waals surface area contributed by atoms with Gasteiger partial charge in [0.25, 0.3) is 0 Å². The van der Waals surface area contributed by atoms with Crippen molar-refractivity contribution in [1.29, 1.82) is 0 Å². The van der Waals surface area contributed by atoms with E-state index in [1.165, 1.54) is 25.9 Å². The summed E-state index contributed by atoms with van der Waals surface area (Å²) in [6.45, 7) is 8.22. The fraction of sp³-hybridized carbons (Fsp3) is 0.938. The number of piperidine rings is 1. The lowest BCUT2D eigenvalue weighted by molar-refractivity contribution is -0.124. The molecule has 1 rings (SSSR count). The topological polar surface area (TPSA) is 61.6 Å². The van der Waals surface area contributed by atoms with E-state index in [2.05, 4.69) is 29.2 Å². The van der Waals surface area contributed by atoms with Gasteiger partial charge in [0, 0.05) is 12.6 Å². The molecule has 3 N–H and O–H groups in total. The molecule has 1 fully saturated rings. The summed E-state index contributed by atoms with van der Waals surface area (Å²) in [6.07, 6.45) is 5.59. The number of primary amides is 1. The van der Waals surface area contributed by atoms with Crippen LogP contribution in [0.25, 0.3) is 0 Å². The summed E-state index contributed by atoms with van der Waals surface area (Å²) in [5.41, 5.74) is 4.96. The molecule has 2 atom stereocenters. The molecule has 5 nitrogen and oxygen atoms in total. The number of rotatable bonds is 9. The van der Waals surface area contributed by atoms with Crippen molar-refractivity contribution in [2.45, 2.75) is 57.5 Å². The minimum atomic E-state index is -0.553. The van der Waals surface area contributed by atoms with E-state index < -0.39 is 5.54 Å². The lowest BCUT2D eigenvalue weighted by Gasteiger charge is -2.36. The highest BCUT2D eigenvalue weighted by Gasteiger charge is 2.29. The monoisotopic (exact) mass is 298 g/mol. The Hall–Kier alpha value is -0.650. The van der Waals surface area contributed by atoms with Gasteiger partial charge in [-0.05, 0) is 72.8 Å². The van der Waals surface area contributed by atoms with Crippen LogP contribution < -0.4 is 11.1 Å². The number of nitrogens with zero attached hydrogens (tertiary/aromatic N) is 2. The Bertz CT molecular complexity index is 321. The average molecular weight is 298 g/mol. The summed E-state index contributed by atoms with van der Waals surface area (Å²) in [6, 6.07) is 0.691. The summed E-state index contributed by atoms with van der Waals surface area (Å²) in [5.74, 6) is -0.241. The minimum absolute atomic E-state index is 0.241. The number of nitrogens with one attached hydrogen (secondary N) is 1. The van der Waals surface area contributed by atoms with Crippen LogP contribution in [0.1, 0.15) is 46.0 Å². The first-order chi connectivity index (χ1) is 9.89. The van der Waals surface area contributed by atoms with Gasteiger partial charge in [0.05, 0.1) is 5.54 Å². The maximum atomic E-state index is 11.6. The molecule has 1 aliphatic rings. The van der Waals surface area contributed by atoms with E-state index in [1.807, 2.05) is 13.8 Å². The van der Waals surface area contributed by atoms with Gasteiger partial charge in [-0.2, -0.15) is 0 Å². The summed E-state index contributed by atoms with van der Waals surface area (Å²) < 4.78 is 0. The van der Waals surface area contributed by atoms with Gasteiger partial charge in [-0.3, -0.25) is 4.79 Å². The molecule has 0 spiro atoms. The van der Waals surface area contributed by atoms with Crippen LogP contribution in [0.3, 0.4) is 0 Å². The third-order valence-corrected chi connectivity index (χ3v) is 4.72. The Balaban J connectivity index is 2.28. The first kappa shape index (κ1) is 18.4. The van der Waals surface area contributed by atoms with Gasteiger partial charge in [0.2, 0.25) is 5.91 Å². The Morgan fingerprint density at radius 1 is 1.43 bits per heavy atom. The van der Waals surface area contributed by atoms with E-state index in [0.29, 0.717) is 6.04 Å². The fourth-order valence-corrected chi connectivity index (χ4v) is 3.16. The highest BCUT2D eigenvalue weighted by Crippen LogP contribution is 2.17. The third kappa shape index (κ3) is 5.93. The second-order valence-corrected chi connectivity index (χ2v) is 6.74. The van der Waals surface area contributed by atoms with Gasteiger partial charge in [0.15, 0.2) is 0 Å². The highest BCUT2D eigenvalue weighted by atomic mass is 16.1. The van der Waals surface area contributed by atoms with Crippen LogP contribution in [0, 0.1) is 0 Å². The minimum Gasteiger partial charge on any atom is -0.368 e. The first-order valence-corrected chi connectivity index (χ1v) is 8.32.